The largest absolute Gasteiger partial charge is 0.347 e. The van der Waals surface area contributed by atoms with Crippen LogP contribution in [0.1, 0.15) is 51.0 Å². The molecule has 5 rings (SSSR count). The van der Waals surface area contributed by atoms with E-state index in [4.69, 9.17) is 23.2 Å². The summed E-state index contributed by atoms with van der Waals surface area (Å²) in [7, 11) is -4.02. The van der Waals surface area contributed by atoms with Gasteiger partial charge in [0.1, 0.15) is 6.04 Å². The SMILES string of the molecule is CCC(NC(=O)C1CC(S(=O)(=O)c2ccccc2Cl)CN1C(=O)C1(c2ccc(Cl)cc2)CC1)C(=O)C(=O)NC1CC1. The van der Waals surface area contributed by atoms with Crippen molar-refractivity contribution in [3.05, 3.63) is 64.1 Å². The van der Waals surface area contributed by atoms with Crippen LogP contribution >= 0.6 is 23.2 Å². The summed E-state index contributed by atoms with van der Waals surface area (Å²) in [4.78, 5) is 54.2. The maximum atomic E-state index is 14.1. The van der Waals surface area contributed by atoms with Crippen LogP contribution in [0.5, 0.6) is 0 Å². The van der Waals surface area contributed by atoms with Crippen LogP contribution in [0.4, 0.5) is 0 Å². The van der Waals surface area contributed by atoms with Crippen LogP contribution in [0.3, 0.4) is 0 Å². The molecule has 0 aromatic heterocycles. The van der Waals surface area contributed by atoms with Gasteiger partial charge in [-0.1, -0.05) is 54.4 Å². The van der Waals surface area contributed by atoms with Gasteiger partial charge in [-0.15, -0.1) is 0 Å². The van der Waals surface area contributed by atoms with Crippen molar-refractivity contribution in [2.75, 3.05) is 6.54 Å². The molecule has 1 saturated heterocycles. The molecule has 0 spiro atoms. The van der Waals surface area contributed by atoms with Gasteiger partial charge < -0.3 is 15.5 Å². The Kier molecular flexibility index (Phi) is 8.20. The van der Waals surface area contributed by atoms with Gasteiger partial charge in [0, 0.05) is 17.6 Å². The number of carbonyl (C=O) groups is 4. The zero-order valence-electron chi connectivity index (χ0n) is 22.4. The lowest BCUT2D eigenvalue weighted by atomic mass is 9.94. The predicted octanol–water partition coefficient (Wildman–Crippen LogP) is 3.21. The van der Waals surface area contributed by atoms with Gasteiger partial charge in [-0.05, 0) is 68.4 Å². The molecule has 218 valence electrons. The molecule has 9 nitrogen and oxygen atoms in total. The molecule has 3 unspecified atom stereocenters. The summed E-state index contributed by atoms with van der Waals surface area (Å²) < 4.78 is 27.3. The first-order valence-corrected chi connectivity index (χ1v) is 16.0. The van der Waals surface area contributed by atoms with E-state index in [2.05, 4.69) is 10.6 Å². The molecule has 3 atom stereocenters. The number of rotatable bonds is 10. The first kappa shape index (κ1) is 29.5. The molecule has 2 aromatic rings. The molecule has 1 heterocycles. The Labute approximate surface area is 248 Å². The van der Waals surface area contributed by atoms with E-state index < -0.39 is 50.2 Å². The zero-order valence-corrected chi connectivity index (χ0v) is 24.8. The molecule has 12 heteroatoms. The fourth-order valence-corrected chi connectivity index (χ4v) is 7.75. The normalized spacial score (nSPS) is 22.1. The van der Waals surface area contributed by atoms with Gasteiger partial charge in [0.05, 0.1) is 26.6 Å². The third-order valence-corrected chi connectivity index (χ3v) is 11.0. The molecule has 2 saturated carbocycles. The van der Waals surface area contributed by atoms with E-state index in [9.17, 15) is 27.6 Å². The van der Waals surface area contributed by atoms with Gasteiger partial charge >= 0.3 is 0 Å². The summed E-state index contributed by atoms with van der Waals surface area (Å²) in [5.41, 5.74) is -0.155. The van der Waals surface area contributed by atoms with Crippen LogP contribution in [0.2, 0.25) is 10.0 Å². The van der Waals surface area contributed by atoms with Crippen molar-refractivity contribution in [1.29, 1.82) is 0 Å². The zero-order chi connectivity index (χ0) is 29.5. The van der Waals surface area contributed by atoms with E-state index in [1.807, 2.05) is 0 Å². The number of benzene rings is 2. The van der Waals surface area contributed by atoms with Crippen molar-refractivity contribution in [1.82, 2.24) is 15.5 Å². The molecule has 0 bridgehead atoms. The third kappa shape index (κ3) is 5.87. The average Bonchev–Trinajstić information content (AvgIpc) is 3.89. The maximum Gasteiger partial charge on any atom is 0.289 e. The summed E-state index contributed by atoms with van der Waals surface area (Å²) in [6.45, 7) is 1.45. The fourth-order valence-electron chi connectivity index (χ4n) is 5.41. The summed E-state index contributed by atoms with van der Waals surface area (Å²) in [5.74, 6) is -2.58. The van der Waals surface area contributed by atoms with Gasteiger partial charge in [-0.3, -0.25) is 19.2 Å². The molecule has 3 aliphatic rings. The van der Waals surface area contributed by atoms with E-state index in [0.29, 0.717) is 17.9 Å². The molecule has 3 amide bonds. The maximum absolute atomic E-state index is 14.1. The highest BCUT2D eigenvalue weighted by Gasteiger charge is 2.57. The lowest BCUT2D eigenvalue weighted by Crippen LogP contribution is -2.54. The molecular formula is C29H31Cl2N3O6S. The Hall–Kier alpha value is -2.95. The second-order valence-corrected chi connectivity index (χ2v) is 14.0. The van der Waals surface area contributed by atoms with Crippen molar-refractivity contribution in [2.24, 2.45) is 0 Å². The number of halogens is 2. The average molecular weight is 621 g/mol. The predicted molar refractivity (Wildman–Crippen MR) is 153 cm³/mol. The summed E-state index contributed by atoms with van der Waals surface area (Å²) >= 11 is 12.3. The molecule has 2 aromatic carbocycles. The highest BCUT2D eigenvalue weighted by Crippen LogP contribution is 2.51. The van der Waals surface area contributed by atoms with Crippen molar-refractivity contribution < 1.29 is 27.6 Å². The first-order valence-electron chi connectivity index (χ1n) is 13.7. The number of Topliss-reactive ketones (excluding diaryl/α,β-unsaturated/α-hetero) is 1. The van der Waals surface area contributed by atoms with E-state index in [-0.39, 0.29) is 41.3 Å². The standard InChI is InChI=1S/C29H31Cl2N3O6S/c1-2-22(25(35)27(37)32-19-11-12-19)33-26(36)23-15-20(41(39,40)24-6-4-3-5-21(24)31)16-34(23)28(38)29(13-14-29)17-7-9-18(30)10-8-17/h3-10,19-20,22-23H,2,11-16H2,1H3,(H,32,37)(H,33,36). The number of nitrogens with one attached hydrogen (secondary N) is 2. The van der Waals surface area contributed by atoms with E-state index >= 15 is 0 Å². The number of amides is 3. The Morgan fingerprint density at radius 3 is 2.27 bits per heavy atom. The Bertz CT molecular complexity index is 1490. The highest BCUT2D eigenvalue weighted by molar-refractivity contribution is 7.92. The van der Waals surface area contributed by atoms with Gasteiger partial charge in [0.25, 0.3) is 5.91 Å². The van der Waals surface area contributed by atoms with E-state index in [1.54, 1.807) is 43.3 Å². The number of hydrogen-bond donors (Lipinski definition) is 2. The number of sulfone groups is 1. The minimum absolute atomic E-state index is 0.0269. The van der Waals surface area contributed by atoms with Crippen LogP contribution in [-0.4, -0.2) is 66.7 Å². The molecular weight excluding hydrogens is 589 g/mol. The number of hydrogen-bond acceptors (Lipinski definition) is 6. The van der Waals surface area contributed by atoms with Crippen LogP contribution in [0.15, 0.2) is 53.4 Å². The van der Waals surface area contributed by atoms with Crippen molar-refractivity contribution in [2.45, 2.75) is 79.1 Å². The topological polar surface area (TPSA) is 130 Å². The third-order valence-electron chi connectivity index (χ3n) is 8.14. The van der Waals surface area contributed by atoms with E-state index in [0.717, 1.165) is 18.4 Å². The lowest BCUT2D eigenvalue weighted by molar-refractivity contribution is -0.143. The fraction of sp³-hybridized carbons (Fsp3) is 0.448. The summed E-state index contributed by atoms with van der Waals surface area (Å²) in [6.07, 6.45) is 2.66. The second kappa shape index (κ2) is 11.4. The van der Waals surface area contributed by atoms with E-state index in [1.165, 1.54) is 17.0 Å². The first-order chi connectivity index (χ1) is 19.5. The number of ketones is 1. The lowest BCUT2D eigenvalue weighted by Gasteiger charge is -2.29. The Morgan fingerprint density at radius 2 is 1.68 bits per heavy atom. The Balaban J connectivity index is 1.43. The second-order valence-electron chi connectivity index (χ2n) is 11.0. The molecule has 2 aliphatic carbocycles. The van der Waals surface area contributed by atoms with Gasteiger partial charge in [-0.2, -0.15) is 0 Å². The quantitative estimate of drug-likeness (QED) is 0.393. The molecule has 1 aliphatic heterocycles. The van der Waals surface area contributed by atoms with Crippen molar-refractivity contribution >= 4 is 56.5 Å². The molecule has 2 N–H and O–H groups in total. The highest BCUT2D eigenvalue weighted by atomic mass is 35.5. The van der Waals surface area contributed by atoms with Crippen LogP contribution in [0.25, 0.3) is 0 Å². The molecule has 3 fully saturated rings. The van der Waals surface area contributed by atoms with Gasteiger partial charge in [0.2, 0.25) is 17.6 Å². The minimum Gasteiger partial charge on any atom is -0.347 e. The monoisotopic (exact) mass is 619 g/mol. The van der Waals surface area contributed by atoms with Crippen LogP contribution in [0, 0.1) is 0 Å². The smallest absolute Gasteiger partial charge is 0.289 e. The van der Waals surface area contributed by atoms with Gasteiger partial charge in [-0.25, -0.2) is 8.42 Å². The number of carbonyl (C=O) groups excluding carboxylic acids is 4. The van der Waals surface area contributed by atoms with Crippen molar-refractivity contribution in [3.63, 3.8) is 0 Å². The van der Waals surface area contributed by atoms with Crippen molar-refractivity contribution in [3.8, 4) is 0 Å². The summed E-state index contributed by atoms with van der Waals surface area (Å²) in [6, 6.07) is 10.7. The molecule has 41 heavy (non-hydrogen) atoms. The van der Waals surface area contributed by atoms with Crippen LogP contribution < -0.4 is 10.6 Å². The van der Waals surface area contributed by atoms with Gasteiger partial charge in [0.15, 0.2) is 9.84 Å². The van der Waals surface area contributed by atoms with Crippen LogP contribution in [-0.2, 0) is 34.4 Å². The minimum atomic E-state index is -4.02. The number of nitrogens with zero attached hydrogens (tertiary/aromatic N) is 1. The summed E-state index contributed by atoms with van der Waals surface area (Å²) in [5, 5.41) is 4.73. The Morgan fingerprint density at radius 1 is 1.02 bits per heavy atom. The number of likely N-dealkylation sites (tertiary alicyclic amines) is 1. The molecule has 0 radical (unpaired) electrons.